The highest BCUT2D eigenvalue weighted by atomic mass is 16.1. The fourth-order valence-corrected chi connectivity index (χ4v) is 4.28. The number of benzene rings is 2. The summed E-state index contributed by atoms with van der Waals surface area (Å²) in [5.74, 6) is 2.11. The molecule has 2 atom stereocenters. The Labute approximate surface area is 165 Å². The molecule has 0 bridgehead atoms. The molecule has 1 aliphatic carbocycles. The van der Waals surface area contributed by atoms with E-state index in [1.807, 2.05) is 73.8 Å². The van der Waals surface area contributed by atoms with Gasteiger partial charge in [0.1, 0.15) is 11.6 Å². The first-order chi connectivity index (χ1) is 13.7. The number of anilines is 2. The molecule has 2 aliphatic rings. The van der Waals surface area contributed by atoms with Crippen LogP contribution in [-0.2, 0) is 4.79 Å². The molecule has 0 radical (unpaired) electrons. The Morgan fingerprint density at radius 3 is 2.29 bits per heavy atom. The lowest BCUT2D eigenvalue weighted by Gasteiger charge is -2.39. The van der Waals surface area contributed by atoms with Crippen LogP contribution in [-0.4, -0.2) is 21.8 Å². The summed E-state index contributed by atoms with van der Waals surface area (Å²) in [5.41, 5.74) is 2.91. The molecule has 0 amide bonds. The predicted molar refractivity (Wildman–Crippen MR) is 110 cm³/mol. The van der Waals surface area contributed by atoms with Crippen molar-refractivity contribution in [3.63, 3.8) is 0 Å². The van der Waals surface area contributed by atoms with Crippen LogP contribution < -0.4 is 4.90 Å². The van der Waals surface area contributed by atoms with Gasteiger partial charge in [-0.1, -0.05) is 55.0 Å². The molecule has 1 aromatic heterocycles. The maximum Gasteiger partial charge on any atom is 0.167 e. The zero-order chi connectivity index (χ0) is 19.1. The Morgan fingerprint density at radius 2 is 1.64 bits per heavy atom. The quantitative estimate of drug-likeness (QED) is 0.653. The first kappa shape index (κ1) is 17.1. The van der Waals surface area contributed by atoms with E-state index >= 15 is 0 Å². The summed E-state index contributed by atoms with van der Waals surface area (Å²) < 4.78 is 0. The second-order valence-corrected chi connectivity index (χ2v) is 7.76. The zero-order valence-corrected chi connectivity index (χ0v) is 16.0. The van der Waals surface area contributed by atoms with Crippen molar-refractivity contribution in [1.82, 2.24) is 9.97 Å². The van der Waals surface area contributed by atoms with Gasteiger partial charge in [0.25, 0.3) is 0 Å². The number of ketones is 1. The second-order valence-electron chi connectivity index (χ2n) is 7.76. The number of fused-ring (bicyclic) bond motifs is 1. The molecule has 0 N–H and O–H groups in total. The minimum Gasteiger partial charge on any atom is -0.316 e. The molecule has 3 aromatic rings. The fourth-order valence-electron chi connectivity index (χ4n) is 4.28. The molecule has 4 nitrogen and oxygen atoms in total. The molecule has 0 spiro atoms. The van der Waals surface area contributed by atoms with E-state index in [0.717, 1.165) is 41.3 Å². The van der Waals surface area contributed by atoms with Gasteiger partial charge in [-0.25, -0.2) is 9.97 Å². The largest absolute Gasteiger partial charge is 0.316 e. The Morgan fingerprint density at radius 1 is 0.964 bits per heavy atom. The molecule has 2 aromatic carbocycles. The van der Waals surface area contributed by atoms with Gasteiger partial charge in [0.15, 0.2) is 5.78 Å². The number of hydrogen-bond donors (Lipinski definition) is 0. The van der Waals surface area contributed by atoms with Crippen molar-refractivity contribution in [2.24, 2.45) is 0 Å². The van der Waals surface area contributed by atoms with Crippen LogP contribution in [0.25, 0.3) is 0 Å². The Kier molecular flexibility index (Phi) is 4.19. The topological polar surface area (TPSA) is 46.1 Å². The van der Waals surface area contributed by atoms with Crippen LogP contribution in [0.15, 0.2) is 66.9 Å². The average molecular weight is 369 g/mol. The summed E-state index contributed by atoms with van der Waals surface area (Å²) in [6.07, 6.45) is 5.45. The number of aromatic nitrogens is 2. The molecule has 5 rings (SSSR count). The number of carbonyl (C=O) groups is 1. The molecule has 2 unspecified atom stereocenters. The SMILES string of the molecule is CC1C(=O)C(c2ccccc2)c2cnc(C3CCC3)nc2N1c1ccccc1. The van der Waals surface area contributed by atoms with Crippen molar-refractivity contribution < 1.29 is 4.79 Å². The lowest BCUT2D eigenvalue weighted by molar-refractivity contribution is -0.120. The van der Waals surface area contributed by atoms with Gasteiger partial charge in [-0.2, -0.15) is 0 Å². The summed E-state index contributed by atoms with van der Waals surface area (Å²) in [4.78, 5) is 25.2. The highest BCUT2D eigenvalue weighted by molar-refractivity contribution is 6.00. The van der Waals surface area contributed by atoms with Crippen molar-refractivity contribution in [3.8, 4) is 0 Å². The summed E-state index contributed by atoms with van der Waals surface area (Å²) in [6.45, 7) is 1.99. The summed E-state index contributed by atoms with van der Waals surface area (Å²) in [7, 11) is 0. The van der Waals surface area contributed by atoms with Gasteiger partial charge in [-0.05, 0) is 37.5 Å². The predicted octanol–water partition coefficient (Wildman–Crippen LogP) is 4.99. The van der Waals surface area contributed by atoms with Crippen molar-refractivity contribution in [1.29, 1.82) is 0 Å². The van der Waals surface area contributed by atoms with Crippen LogP contribution in [0.3, 0.4) is 0 Å². The number of carbonyl (C=O) groups excluding carboxylic acids is 1. The van der Waals surface area contributed by atoms with E-state index in [4.69, 9.17) is 4.98 Å². The number of rotatable bonds is 3. The zero-order valence-electron chi connectivity index (χ0n) is 16.0. The van der Waals surface area contributed by atoms with Gasteiger partial charge < -0.3 is 4.90 Å². The minimum absolute atomic E-state index is 0.183. The fraction of sp³-hybridized carbons (Fsp3) is 0.292. The van der Waals surface area contributed by atoms with Gasteiger partial charge >= 0.3 is 0 Å². The van der Waals surface area contributed by atoms with Crippen LogP contribution in [0.1, 0.15) is 55.0 Å². The highest BCUT2D eigenvalue weighted by Crippen LogP contribution is 2.43. The van der Waals surface area contributed by atoms with Crippen LogP contribution >= 0.6 is 0 Å². The van der Waals surface area contributed by atoms with Crippen LogP contribution in [0, 0.1) is 0 Å². The number of hydrogen-bond acceptors (Lipinski definition) is 4. The Bertz CT molecular complexity index is 999. The van der Waals surface area contributed by atoms with Crippen molar-refractivity contribution in [2.45, 2.75) is 44.1 Å². The van der Waals surface area contributed by atoms with E-state index < -0.39 is 0 Å². The molecular weight excluding hydrogens is 346 g/mol. The van der Waals surface area contributed by atoms with Crippen molar-refractivity contribution in [3.05, 3.63) is 83.8 Å². The molecule has 4 heteroatoms. The van der Waals surface area contributed by atoms with Gasteiger partial charge in [-0.3, -0.25) is 4.79 Å². The third-order valence-corrected chi connectivity index (χ3v) is 6.07. The van der Waals surface area contributed by atoms with Gasteiger partial charge in [0.05, 0.1) is 12.0 Å². The van der Waals surface area contributed by atoms with Gasteiger partial charge in [-0.15, -0.1) is 0 Å². The highest BCUT2D eigenvalue weighted by Gasteiger charge is 2.41. The lowest BCUT2D eigenvalue weighted by atomic mass is 9.81. The molecule has 1 fully saturated rings. The second kappa shape index (κ2) is 6.86. The van der Waals surface area contributed by atoms with Crippen LogP contribution in [0.2, 0.25) is 0 Å². The molecule has 0 saturated heterocycles. The third kappa shape index (κ3) is 2.71. The number of nitrogens with zero attached hydrogens (tertiary/aromatic N) is 3. The molecular formula is C24H23N3O. The summed E-state index contributed by atoms with van der Waals surface area (Å²) in [5, 5.41) is 0. The molecule has 1 saturated carbocycles. The van der Waals surface area contributed by atoms with Crippen LogP contribution in [0.5, 0.6) is 0 Å². The van der Waals surface area contributed by atoms with E-state index in [1.165, 1.54) is 6.42 Å². The normalized spacial score (nSPS) is 21.9. The van der Waals surface area contributed by atoms with Crippen molar-refractivity contribution >= 4 is 17.3 Å². The van der Waals surface area contributed by atoms with Crippen LogP contribution in [0.4, 0.5) is 11.5 Å². The van der Waals surface area contributed by atoms with E-state index in [-0.39, 0.29) is 17.7 Å². The maximum absolute atomic E-state index is 13.5. The van der Waals surface area contributed by atoms with Crippen molar-refractivity contribution in [2.75, 3.05) is 4.90 Å². The minimum atomic E-state index is -0.318. The average Bonchev–Trinajstić information content (AvgIpc) is 2.69. The van der Waals surface area contributed by atoms with Gasteiger partial charge in [0, 0.05) is 23.4 Å². The standard InChI is InChI=1S/C24H23N3O/c1-16-22(28)21(17-9-4-2-5-10-17)20-15-25-23(18-11-8-12-18)26-24(20)27(16)19-13-6-3-7-14-19/h2-7,9-10,13-16,18,21H,8,11-12H2,1H3. The van der Waals surface area contributed by atoms with Gasteiger partial charge in [0.2, 0.25) is 0 Å². The summed E-state index contributed by atoms with van der Waals surface area (Å²) >= 11 is 0. The molecule has 140 valence electrons. The molecule has 28 heavy (non-hydrogen) atoms. The van der Waals surface area contributed by atoms with E-state index in [2.05, 4.69) is 9.88 Å². The lowest BCUT2D eigenvalue weighted by Crippen LogP contribution is -2.44. The number of Topliss-reactive ketones (excluding diaryl/α,β-unsaturated/α-hetero) is 1. The smallest absolute Gasteiger partial charge is 0.167 e. The Hall–Kier alpha value is -3.01. The maximum atomic E-state index is 13.5. The first-order valence-electron chi connectivity index (χ1n) is 10.0. The van der Waals surface area contributed by atoms with E-state index in [1.54, 1.807) is 0 Å². The van der Waals surface area contributed by atoms with E-state index in [9.17, 15) is 4.79 Å². The van der Waals surface area contributed by atoms with E-state index in [0.29, 0.717) is 5.92 Å². The molecule has 2 heterocycles. The number of para-hydroxylation sites is 1. The third-order valence-electron chi connectivity index (χ3n) is 6.07. The molecule has 1 aliphatic heterocycles. The summed E-state index contributed by atoms with van der Waals surface area (Å²) in [6, 6.07) is 19.8. The first-order valence-corrected chi connectivity index (χ1v) is 10.0. The Balaban J connectivity index is 1.70. The monoisotopic (exact) mass is 369 g/mol.